The van der Waals surface area contributed by atoms with Gasteiger partial charge in [0.15, 0.2) is 0 Å². The second kappa shape index (κ2) is 7.32. The minimum atomic E-state index is -0.715. The standard InChI is InChI=1S/C17H20ClN3O3/c1-11-7-13(17(22)23)10-21(9-11)6-5-15-19-16(20-24-15)12-3-2-4-14(18)8-12/h2-4,8,11,13H,5-7,9-10H2,1H3,(H,22,23). The monoisotopic (exact) mass is 349 g/mol. The number of aromatic nitrogens is 2. The molecule has 6 nitrogen and oxygen atoms in total. The molecule has 3 rings (SSSR count). The van der Waals surface area contributed by atoms with Crippen LogP contribution in [-0.2, 0) is 11.2 Å². The number of carbonyl (C=O) groups is 1. The fourth-order valence-electron chi connectivity index (χ4n) is 3.18. The van der Waals surface area contributed by atoms with Gasteiger partial charge < -0.3 is 14.5 Å². The van der Waals surface area contributed by atoms with E-state index in [1.54, 1.807) is 12.1 Å². The van der Waals surface area contributed by atoms with E-state index < -0.39 is 5.97 Å². The molecule has 0 saturated carbocycles. The van der Waals surface area contributed by atoms with E-state index in [1.807, 2.05) is 12.1 Å². The molecule has 2 unspecified atom stereocenters. The predicted octanol–water partition coefficient (Wildman–Crippen LogP) is 2.98. The maximum absolute atomic E-state index is 11.2. The molecule has 1 N–H and O–H groups in total. The molecule has 24 heavy (non-hydrogen) atoms. The van der Waals surface area contributed by atoms with Crippen molar-refractivity contribution in [2.24, 2.45) is 11.8 Å². The van der Waals surface area contributed by atoms with Gasteiger partial charge in [0.05, 0.1) is 5.92 Å². The van der Waals surface area contributed by atoms with Gasteiger partial charge in [0.1, 0.15) is 0 Å². The summed E-state index contributed by atoms with van der Waals surface area (Å²) in [5.41, 5.74) is 0.815. The average molecular weight is 350 g/mol. The van der Waals surface area contributed by atoms with Gasteiger partial charge in [-0.25, -0.2) is 0 Å². The van der Waals surface area contributed by atoms with Crippen molar-refractivity contribution in [3.8, 4) is 11.4 Å². The SMILES string of the molecule is CC1CC(C(=O)O)CN(CCc2nc(-c3cccc(Cl)c3)no2)C1. The van der Waals surface area contributed by atoms with Crippen molar-refractivity contribution in [2.75, 3.05) is 19.6 Å². The summed E-state index contributed by atoms with van der Waals surface area (Å²) in [4.78, 5) is 17.8. The summed E-state index contributed by atoms with van der Waals surface area (Å²) in [6, 6.07) is 7.31. The Labute approximate surface area is 145 Å². The summed E-state index contributed by atoms with van der Waals surface area (Å²) in [6.45, 7) is 4.28. The minimum absolute atomic E-state index is 0.293. The molecular formula is C17H20ClN3O3. The number of halogens is 1. The van der Waals surface area contributed by atoms with Crippen molar-refractivity contribution in [2.45, 2.75) is 19.8 Å². The van der Waals surface area contributed by atoms with E-state index in [0.29, 0.717) is 42.2 Å². The van der Waals surface area contributed by atoms with E-state index in [-0.39, 0.29) is 5.92 Å². The topological polar surface area (TPSA) is 79.5 Å². The molecule has 2 heterocycles. The molecular weight excluding hydrogens is 330 g/mol. The van der Waals surface area contributed by atoms with Gasteiger partial charge in [-0.3, -0.25) is 4.79 Å². The number of hydrogen-bond acceptors (Lipinski definition) is 5. The van der Waals surface area contributed by atoms with Crippen LogP contribution in [0.2, 0.25) is 5.02 Å². The Kier molecular flexibility index (Phi) is 5.16. The van der Waals surface area contributed by atoms with E-state index in [2.05, 4.69) is 22.0 Å². The summed E-state index contributed by atoms with van der Waals surface area (Å²) < 4.78 is 5.30. The molecule has 2 aromatic rings. The molecule has 2 atom stereocenters. The number of aliphatic carboxylic acids is 1. The summed E-state index contributed by atoms with van der Waals surface area (Å²) >= 11 is 5.98. The third-order valence-electron chi connectivity index (χ3n) is 4.28. The lowest BCUT2D eigenvalue weighted by molar-refractivity contribution is -0.144. The number of carboxylic acid groups (broad SMARTS) is 1. The molecule has 0 amide bonds. The van der Waals surface area contributed by atoms with Gasteiger partial charge in [0.2, 0.25) is 11.7 Å². The Bertz CT molecular complexity index is 719. The highest BCUT2D eigenvalue weighted by molar-refractivity contribution is 6.30. The van der Waals surface area contributed by atoms with Crippen LogP contribution in [0.1, 0.15) is 19.2 Å². The van der Waals surface area contributed by atoms with E-state index in [0.717, 1.165) is 18.5 Å². The summed E-state index contributed by atoms with van der Waals surface area (Å²) in [7, 11) is 0. The molecule has 128 valence electrons. The first kappa shape index (κ1) is 16.9. The fourth-order valence-corrected chi connectivity index (χ4v) is 3.37. The molecule has 0 spiro atoms. The van der Waals surface area contributed by atoms with Gasteiger partial charge in [0.25, 0.3) is 0 Å². The first-order valence-corrected chi connectivity index (χ1v) is 8.42. The molecule has 7 heteroatoms. The molecule has 1 fully saturated rings. The van der Waals surface area contributed by atoms with E-state index >= 15 is 0 Å². The largest absolute Gasteiger partial charge is 0.481 e. The second-order valence-electron chi connectivity index (χ2n) is 6.41. The van der Waals surface area contributed by atoms with Gasteiger partial charge >= 0.3 is 5.97 Å². The highest BCUT2D eigenvalue weighted by atomic mass is 35.5. The molecule has 0 bridgehead atoms. The van der Waals surface area contributed by atoms with Gasteiger partial charge in [-0.15, -0.1) is 0 Å². The quantitative estimate of drug-likeness (QED) is 0.893. The maximum atomic E-state index is 11.2. The summed E-state index contributed by atoms with van der Waals surface area (Å²) in [5.74, 6) is 0.439. The van der Waals surface area contributed by atoms with Crippen LogP contribution in [0, 0.1) is 11.8 Å². The fraction of sp³-hybridized carbons (Fsp3) is 0.471. The molecule has 1 aromatic heterocycles. The van der Waals surface area contributed by atoms with E-state index in [9.17, 15) is 9.90 Å². The molecule has 1 saturated heterocycles. The number of benzene rings is 1. The number of likely N-dealkylation sites (tertiary alicyclic amines) is 1. The first-order chi connectivity index (χ1) is 11.5. The van der Waals surface area contributed by atoms with Crippen LogP contribution in [0.4, 0.5) is 0 Å². The molecule has 0 radical (unpaired) electrons. The zero-order valence-electron chi connectivity index (χ0n) is 13.5. The van der Waals surface area contributed by atoms with Gasteiger partial charge in [-0.2, -0.15) is 4.98 Å². The third-order valence-corrected chi connectivity index (χ3v) is 4.51. The Hall–Kier alpha value is -1.92. The summed E-state index contributed by atoms with van der Waals surface area (Å²) in [6.07, 6.45) is 1.35. The van der Waals surface area contributed by atoms with Crippen molar-refractivity contribution in [3.05, 3.63) is 35.2 Å². The number of nitrogens with zero attached hydrogens (tertiary/aromatic N) is 3. The zero-order chi connectivity index (χ0) is 17.1. The number of rotatable bonds is 5. The Morgan fingerprint density at radius 2 is 2.29 bits per heavy atom. The highest BCUT2D eigenvalue weighted by Gasteiger charge is 2.29. The third kappa shape index (κ3) is 4.13. The van der Waals surface area contributed by atoms with Crippen LogP contribution in [-0.4, -0.2) is 45.8 Å². The number of piperidine rings is 1. The lowest BCUT2D eigenvalue weighted by Crippen LogP contribution is -2.43. The highest BCUT2D eigenvalue weighted by Crippen LogP contribution is 2.23. The smallest absolute Gasteiger partial charge is 0.307 e. The predicted molar refractivity (Wildman–Crippen MR) is 89.8 cm³/mol. The lowest BCUT2D eigenvalue weighted by Gasteiger charge is -2.34. The van der Waals surface area contributed by atoms with E-state index in [1.165, 1.54) is 0 Å². The van der Waals surface area contributed by atoms with Crippen molar-refractivity contribution in [1.82, 2.24) is 15.0 Å². The minimum Gasteiger partial charge on any atom is -0.481 e. The van der Waals surface area contributed by atoms with Gasteiger partial charge in [-0.05, 0) is 24.5 Å². The van der Waals surface area contributed by atoms with Crippen molar-refractivity contribution in [1.29, 1.82) is 0 Å². The molecule has 1 aliphatic rings. The molecule has 0 aliphatic carbocycles. The summed E-state index contributed by atoms with van der Waals surface area (Å²) in [5, 5.41) is 13.9. The van der Waals surface area contributed by atoms with Gasteiger partial charge in [0, 0.05) is 36.6 Å². The molecule has 1 aromatic carbocycles. The number of carboxylic acids is 1. The van der Waals surface area contributed by atoms with Crippen LogP contribution in [0.25, 0.3) is 11.4 Å². The Balaban J connectivity index is 1.60. The van der Waals surface area contributed by atoms with Crippen LogP contribution in [0.15, 0.2) is 28.8 Å². The van der Waals surface area contributed by atoms with Crippen LogP contribution in [0.5, 0.6) is 0 Å². The average Bonchev–Trinajstić information content (AvgIpc) is 3.01. The second-order valence-corrected chi connectivity index (χ2v) is 6.84. The lowest BCUT2D eigenvalue weighted by atomic mass is 9.90. The first-order valence-electron chi connectivity index (χ1n) is 8.05. The van der Waals surface area contributed by atoms with Gasteiger partial charge in [-0.1, -0.05) is 35.8 Å². The Morgan fingerprint density at radius 1 is 1.46 bits per heavy atom. The van der Waals surface area contributed by atoms with Crippen molar-refractivity contribution in [3.63, 3.8) is 0 Å². The normalized spacial score (nSPS) is 21.8. The van der Waals surface area contributed by atoms with Crippen LogP contribution in [0.3, 0.4) is 0 Å². The van der Waals surface area contributed by atoms with Crippen molar-refractivity contribution < 1.29 is 14.4 Å². The maximum Gasteiger partial charge on any atom is 0.307 e. The number of hydrogen-bond donors (Lipinski definition) is 1. The van der Waals surface area contributed by atoms with Crippen LogP contribution >= 0.6 is 11.6 Å². The van der Waals surface area contributed by atoms with Crippen LogP contribution < -0.4 is 0 Å². The Morgan fingerprint density at radius 3 is 3.04 bits per heavy atom. The van der Waals surface area contributed by atoms with E-state index in [4.69, 9.17) is 16.1 Å². The zero-order valence-corrected chi connectivity index (χ0v) is 14.2. The van der Waals surface area contributed by atoms with Crippen molar-refractivity contribution >= 4 is 17.6 Å². The molecule has 1 aliphatic heterocycles.